The molecule has 3 aromatic carbocycles. The lowest BCUT2D eigenvalue weighted by molar-refractivity contribution is 0.100. The van der Waals surface area contributed by atoms with Crippen LogP contribution in [-0.2, 0) is 0 Å². The lowest BCUT2D eigenvalue weighted by Crippen LogP contribution is -2.10. The molecule has 5 aromatic rings. The van der Waals surface area contributed by atoms with Crippen LogP contribution in [0.5, 0.6) is 0 Å². The summed E-state index contributed by atoms with van der Waals surface area (Å²) < 4.78 is 1.70. The number of carbonyl (C=O) groups is 2. The highest BCUT2D eigenvalue weighted by Crippen LogP contribution is 2.32. The summed E-state index contributed by atoms with van der Waals surface area (Å²) in [6.07, 6.45) is 0. The SMILES string of the molecule is O=C(c1cccs1)c1nn(-c2ccccc2)c(-c2ccccc2)c1C(=O)c1ccccc1. The van der Waals surface area contributed by atoms with Gasteiger partial charge in [-0.2, -0.15) is 5.10 Å². The molecule has 4 nitrogen and oxygen atoms in total. The molecule has 0 amide bonds. The highest BCUT2D eigenvalue weighted by Gasteiger charge is 2.30. The maximum absolute atomic E-state index is 13.8. The Morgan fingerprint density at radius 3 is 1.94 bits per heavy atom. The van der Waals surface area contributed by atoms with E-state index in [-0.39, 0.29) is 17.3 Å². The van der Waals surface area contributed by atoms with Gasteiger partial charge in [-0.3, -0.25) is 9.59 Å². The number of hydrogen-bond donors (Lipinski definition) is 0. The van der Waals surface area contributed by atoms with Crippen molar-refractivity contribution < 1.29 is 9.59 Å². The summed E-state index contributed by atoms with van der Waals surface area (Å²) >= 11 is 1.34. The minimum atomic E-state index is -0.258. The van der Waals surface area contributed by atoms with Crippen molar-refractivity contribution in [2.75, 3.05) is 0 Å². The maximum Gasteiger partial charge on any atom is 0.223 e. The van der Waals surface area contributed by atoms with E-state index in [2.05, 4.69) is 0 Å². The van der Waals surface area contributed by atoms with Crippen LogP contribution in [0.15, 0.2) is 109 Å². The van der Waals surface area contributed by atoms with Gasteiger partial charge < -0.3 is 0 Å². The van der Waals surface area contributed by atoms with Gasteiger partial charge in [-0.25, -0.2) is 4.68 Å². The predicted octanol–water partition coefficient (Wildman–Crippen LogP) is 6.06. The molecule has 0 N–H and O–H groups in total. The molecule has 0 fully saturated rings. The molecule has 0 unspecified atom stereocenters. The molecule has 0 spiro atoms. The van der Waals surface area contributed by atoms with E-state index >= 15 is 0 Å². The molecule has 0 radical (unpaired) electrons. The second kappa shape index (κ2) is 8.57. The van der Waals surface area contributed by atoms with Crippen molar-refractivity contribution >= 4 is 22.9 Å². The Labute approximate surface area is 189 Å². The second-order valence-electron chi connectivity index (χ2n) is 7.19. The molecule has 5 rings (SSSR count). The largest absolute Gasteiger partial charge is 0.288 e. The van der Waals surface area contributed by atoms with Crippen LogP contribution in [0.2, 0.25) is 0 Å². The number of ketones is 2. The molecule has 5 heteroatoms. The van der Waals surface area contributed by atoms with Gasteiger partial charge in [-0.15, -0.1) is 11.3 Å². The van der Waals surface area contributed by atoms with E-state index in [1.54, 1.807) is 22.9 Å². The van der Waals surface area contributed by atoms with Crippen LogP contribution in [0.25, 0.3) is 16.9 Å². The van der Waals surface area contributed by atoms with Crippen molar-refractivity contribution in [2.45, 2.75) is 0 Å². The van der Waals surface area contributed by atoms with Gasteiger partial charge in [-0.05, 0) is 23.6 Å². The van der Waals surface area contributed by atoms with Crippen LogP contribution in [0.3, 0.4) is 0 Å². The van der Waals surface area contributed by atoms with Gasteiger partial charge >= 0.3 is 0 Å². The fourth-order valence-corrected chi connectivity index (χ4v) is 4.33. The van der Waals surface area contributed by atoms with Crippen molar-refractivity contribution in [1.82, 2.24) is 9.78 Å². The molecule has 0 aliphatic heterocycles. The zero-order valence-corrected chi connectivity index (χ0v) is 17.8. The number of carbonyl (C=O) groups excluding carboxylic acids is 2. The number of nitrogens with zero attached hydrogens (tertiary/aromatic N) is 2. The van der Waals surface area contributed by atoms with E-state index in [0.29, 0.717) is 21.7 Å². The Bertz CT molecular complexity index is 1370. The number of aromatic nitrogens is 2. The number of benzene rings is 3. The summed E-state index contributed by atoms with van der Waals surface area (Å²) in [7, 11) is 0. The summed E-state index contributed by atoms with van der Waals surface area (Å²) in [6.45, 7) is 0. The second-order valence-corrected chi connectivity index (χ2v) is 8.13. The Morgan fingerprint density at radius 2 is 1.31 bits per heavy atom. The first-order chi connectivity index (χ1) is 15.7. The van der Waals surface area contributed by atoms with E-state index in [1.807, 2.05) is 90.3 Å². The van der Waals surface area contributed by atoms with Crippen molar-refractivity contribution in [3.63, 3.8) is 0 Å². The van der Waals surface area contributed by atoms with E-state index in [4.69, 9.17) is 5.10 Å². The van der Waals surface area contributed by atoms with Crippen molar-refractivity contribution in [2.24, 2.45) is 0 Å². The van der Waals surface area contributed by atoms with E-state index in [0.717, 1.165) is 11.3 Å². The van der Waals surface area contributed by atoms with Gasteiger partial charge in [0.2, 0.25) is 5.78 Å². The minimum Gasteiger partial charge on any atom is -0.288 e. The number of thiophene rings is 1. The van der Waals surface area contributed by atoms with Crippen molar-refractivity contribution in [3.8, 4) is 16.9 Å². The average molecular weight is 435 g/mol. The van der Waals surface area contributed by atoms with Crippen LogP contribution in [0.1, 0.15) is 31.3 Å². The zero-order chi connectivity index (χ0) is 21.9. The Morgan fingerprint density at radius 1 is 0.688 bits per heavy atom. The fourth-order valence-electron chi connectivity index (χ4n) is 3.67. The van der Waals surface area contributed by atoms with E-state index in [9.17, 15) is 9.59 Å². The molecule has 2 heterocycles. The van der Waals surface area contributed by atoms with Gasteiger partial charge in [0.05, 0.1) is 21.8 Å². The van der Waals surface area contributed by atoms with E-state index in [1.165, 1.54) is 11.3 Å². The topological polar surface area (TPSA) is 52.0 Å². The first kappa shape index (κ1) is 19.8. The Balaban J connectivity index is 1.83. The lowest BCUT2D eigenvalue weighted by Gasteiger charge is -2.10. The Hall–Kier alpha value is -4.09. The molecule has 32 heavy (non-hydrogen) atoms. The fraction of sp³-hybridized carbons (Fsp3) is 0. The average Bonchev–Trinajstić information content (AvgIpc) is 3.54. The normalized spacial score (nSPS) is 10.8. The molecule has 154 valence electrons. The lowest BCUT2D eigenvalue weighted by atomic mass is 9.96. The quantitative estimate of drug-likeness (QED) is 0.305. The van der Waals surface area contributed by atoms with Crippen LogP contribution in [-0.4, -0.2) is 21.3 Å². The molecule has 2 aromatic heterocycles. The first-order valence-corrected chi connectivity index (χ1v) is 11.0. The molecule has 0 saturated heterocycles. The van der Waals surface area contributed by atoms with Crippen molar-refractivity contribution in [3.05, 3.63) is 130 Å². The summed E-state index contributed by atoms with van der Waals surface area (Å²) in [4.78, 5) is 27.8. The van der Waals surface area contributed by atoms with Gasteiger partial charge in [0.25, 0.3) is 0 Å². The standard InChI is InChI=1S/C27H18N2O2S/c30-26(20-13-6-2-7-14-20)23-24(27(31)22-17-10-18-32-22)28-29(21-15-8-3-9-16-21)25(23)19-11-4-1-5-12-19/h1-18H. The highest BCUT2D eigenvalue weighted by atomic mass is 32.1. The number of rotatable bonds is 6. The van der Waals surface area contributed by atoms with Gasteiger partial charge in [0.1, 0.15) is 5.69 Å². The zero-order valence-electron chi connectivity index (χ0n) is 17.0. The number of para-hydroxylation sites is 1. The van der Waals surface area contributed by atoms with Crippen LogP contribution in [0, 0.1) is 0 Å². The Kier molecular flexibility index (Phi) is 5.32. The van der Waals surface area contributed by atoms with Crippen LogP contribution in [0.4, 0.5) is 0 Å². The van der Waals surface area contributed by atoms with E-state index < -0.39 is 0 Å². The molecule has 0 bridgehead atoms. The van der Waals surface area contributed by atoms with Crippen LogP contribution >= 0.6 is 11.3 Å². The third-order valence-electron chi connectivity index (χ3n) is 5.16. The summed E-state index contributed by atoms with van der Waals surface area (Å²) in [5.74, 6) is -0.488. The molecular weight excluding hydrogens is 416 g/mol. The smallest absolute Gasteiger partial charge is 0.223 e. The molecule has 0 atom stereocenters. The monoisotopic (exact) mass is 434 g/mol. The van der Waals surface area contributed by atoms with Gasteiger partial charge in [-0.1, -0.05) is 84.9 Å². The van der Waals surface area contributed by atoms with Gasteiger partial charge in [0, 0.05) is 11.1 Å². The maximum atomic E-state index is 13.8. The van der Waals surface area contributed by atoms with Crippen LogP contribution < -0.4 is 0 Å². The summed E-state index contributed by atoms with van der Waals surface area (Å²) in [5, 5.41) is 6.56. The third-order valence-corrected chi connectivity index (χ3v) is 6.03. The summed E-state index contributed by atoms with van der Waals surface area (Å²) in [6, 6.07) is 31.8. The third kappa shape index (κ3) is 3.59. The highest BCUT2D eigenvalue weighted by molar-refractivity contribution is 7.12. The molecular formula is C27H18N2O2S. The van der Waals surface area contributed by atoms with Gasteiger partial charge in [0.15, 0.2) is 5.78 Å². The first-order valence-electron chi connectivity index (χ1n) is 10.2. The minimum absolute atomic E-state index is 0.156. The number of hydrogen-bond acceptors (Lipinski definition) is 4. The molecule has 0 aliphatic rings. The predicted molar refractivity (Wildman–Crippen MR) is 127 cm³/mol. The molecule has 0 saturated carbocycles. The van der Waals surface area contributed by atoms with Crippen molar-refractivity contribution in [1.29, 1.82) is 0 Å². The molecule has 0 aliphatic carbocycles. The summed E-state index contributed by atoms with van der Waals surface area (Å²) in [5.41, 5.74) is 3.17.